The van der Waals surface area contributed by atoms with Crippen LogP contribution in [0.25, 0.3) is 11.0 Å². The maximum Gasteiger partial charge on any atom is 0.290 e. The number of nitrogens with zero attached hydrogens (tertiary/aromatic N) is 2. The fraction of sp³-hybridized carbons (Fsp3) is 0.310. The zero-order valence-corrected chi connectivity index (χ0v) is 22.0. The molecule has 1 aliphatic heterocycles. The topological polar surface area (TPSA) is 102 Å². The number of likely N-dealkylation sites (N-methyl/N-ethyl adjacent to an activating group) is 1. The van der Waals surface area contributed by atoms with Gasteiger partial charge in [0.25, 0.3) is 5.91 Å². The second kappa shape index (κ2) is 11.4. The first-order chi connectivity index (χ1) is 18.3. The maximum absolute atomic E-state index is 13.8. The van der Waals surface area contributed by atoms with Crippen LogP contribution in [0.1, 0.15) is 29.1 Å². The zero-order chi connectivity index (χ0) is 27.4. The molecule has 0 saturated heterocycles. The Bertz CT molecular complexity index is 1390. The number of aliphatic hydroxyl groups excluding tert-OH is 1. The summed E-state index contributed by atoms with van der Waals surface area (Å²) >= 11 is 0. The average Bonchev–Trinajstić information content (AvgIpc) is 3.45. The fourth-order valence-corrected chi connectivity index (χ4v) is 4.44. The highest BCUT2D eigenvalue weighted by Crippen LogP contribution is 2.42. The number of Topliss-reactive ketones (excluding diaryl/α,β-unsaturated/α-hetero) is 1. The number of benzene rings is 2. The molecule has 1 unspecified atom stereocenters. The van der Waals surface area contributed by atoms with Crippen LogP contribution >= 0.6 is 0 Å². The van der Waals surface area contributed by atoms with Gasteiger partial charge in [-0.2, -0.15) is 0 Å². The zero-order valence-electron chi connectivity index (χ0n) is 22.0. The molecule has 2 aromatic carbocycles. The molecule has 200 valence electrons. The molecule has 3 aromatic rings. The number of carbonyl (C=O) groups excluding carboxylic acids is 2. The summed E-state index contributed by atoms with van der Waals surface area (Å²) in [6, 6.07) is 11.3. The molecular weight excluding hydrogens is 488 g/mol. The molecule has 38 heavy (non-hydrogen) atoms. The van der Waals surface area contributed by atoms with Crippen molar-refractivity contribution in [3.63, 3.8) is 0 Å². The molecule has 4 rings (SSSR count). The lowest BCUT2D eigenvalue weighted by Gasteiger charge is -2.28. The molecule has 1 N–H and O–H groups in total. The van der Waals surface area contributed by atoms with E-state index < -0.39 is 23.5 Å². The minimum atomic E-state index is -0.863. The fourth-order valence-electron chi connectivity index (χ4n) is 4.44. The molecule has 0 fully saturated rings. The SMILES string of the molecule is C=CCOc1ccc(C2C(C(=O)c3cc4cccc(OC)c4o3)=C(O)C(=O)N2CCN(C)C)cc1OCC. The number of rotatable bonds is 12. The number of amides is 1. The van der Waals surface area contributed by atoms with Gasteiger partial charge in [0, 0.05) is 18.5 Å². The summed E-state index contributed by atoms with van der Waals surface area (Å²) in [7, 11) is 5.28. The van der Waals surface area contributed by atoms with Gasteiger partial charge in [0.05, 0.1) is 25.3 Å². The number of ketones is 1. The minimum Gasteiger partial charge on any atom is -0.503 e. The van der Waals surface area contributed by atoms with Crippen LogP contribution in [0.2, 0.25) is 0 Å². The van der Waals surface area contributed by atoms with Crippen molar-refractivity contribution in [1.29, 1.82) is 0 Å². The highest BCUT2D eigenvalue weighted by molar-refractivity contribution is 6.16. The van der Waals surface area contributed by atoms with Gasteiger partial charge in [-0.1, -0.05) is 30.9 Å². The van der Waals surface area contributed by atoms with Gasteiger partial charge in [-0.15, -0.1) is 0 Å². The van der Waals surface area contributed by atoms with Crippen molar-refractivity contribution in [1.82, 2.24) is 9.80 Å². The molecule has 2 heterocycles. The minimum absolute atomic E-state index is 0.00530. The largest absolute Gasteiger partial charge is 0.503 e. The molecule has 0 radical (unpaired) electrons. The number of carbonyl (C=O) groups is 2. The van der Waals surface area contributed by atoms with Gasteiger partial charge in [0.1, 0.15) is 6.61 Å². The molecule has 1 aromatic heterocycles. The Hall–Kier alpha value is -4.24. The average molecular weight is 521 g/mol. The number of fused-ring (bicyclic) bond motifs is 1. The number of hydrogen-bond acceptors (Lipinski definition) is 8. The van der Waals surface area contributed by atoms with Crippen LogP contribution in [0, 0.1) is 0 Å². The van der Waals surface area contributed by atoms with Gasteiger partial charge in [-0.05, 0) is 50.8 Å². The van der Waals surface area contributed by atoms with Crippen molar-refractivity contribution >= 4 is 22.7 Å². The van der Waals surface area contributed by atoms with E-state index in [1.165, 1.54) is 12.0 Å². The Kier molecular flexibility index (Phi) is 8.07. The molecule has 1 amide bonds. The molecule has 0 aliphatic carbocycles. The number of ether oxygens (including phenoxy) is 3. The lowest BCUT2D eigenvalue weighted by Crippen LogP contribution is -2.36. The van der Waals surface area contributed by atoms with E-state index in [0.717, 1.165) is 0 Å². The van der Waals surface area contributed by atoms with Crippen LogP contribution in [0.5, 0.6) is 17.2 Å². The second-order valence-electron chi connectivity index (χ2n) is 9.02. The number of methoxy groups -OCH3 is 1. The number of aliphatic hydroxyl groups is 1. The van der Waals surface area contributed by atoms with Gasteiger partial charge >= 0.3 is 0 Å². The quantitative estimate of drug-likeness (QED) is 0.274. The first-order valence-corrected chi connectivity index (χ1v) is 12.3. The molecular formula is C29H32N2O7. The van der Waals surface area contributed by atoms with E-state index in [4.69, 9.17) is 18.6 Å². The number of furan rings is 1. The molecule has 0 spiro atoms. The Balaban J connectivity index is 1.81. The van der Waals surface area contributed by atoms with E-state index in [2.05, 4.69) is 6.58 Å². The second-order valence-corrected chi connectivity index (χ2v) is 9.02. The summed E-state index contributed by atoms with van der Waals surface area (Å²) in [5, 5.41) is 11.7. The Labute approximate surface area is 221 Å². The summed E-state index contributed by atoms with van der Waals surface area (Å²) in [5.74, 6) is -0.382. The summed E-state index contributed by atoms with van der Waals surface area (Å²) in [6.45, 7) is 7.01. The molecule has 0 bridgehead atoms. The standard InChI is InChI=1S/C29H32N2O7/c1-6-15-37-20-12-11-18(16-22(20)36-7-2)25-24(27(33)29(34)31(25)14-13-30(3)4)26(32)23-17-19-9-8-10-21(35-5)28(19)38-23/h6,8-12,16-17,25,33H,1,7,13-15H2,2-5H3. The summed E-state index contributed by atoms with van der Waals surface area (Å²) in [5.41, 5.74) is 0.938. The van der Waals surface area contributed by atoms with Crippen LogP contribution in [-0.2, 0) is 4.79 Å². The molecule has 1 atom stereocenters. The Morgan fingerprint density at radius 2 is 1.95 bits per heavy atom. The van der Waals surface area contributed by atoms with Crippen LogP contribution < -0.4 is 14.2 Å². The Morgan fingerprint density at radius 1 is 1.16 bits per heavy atom. The predicted molar refractivity (Wildman–Crippen MR) is 143 cm³/mol. The summed E-state index contributed by atoms with van der Waals surface area (Å²) in [4.78, 5) is 30.5. The summed E-state index contributed by atoms with van der Waals surface area (Å²) < 4.78 is 22.8. The van der Waals surface area contributed by atoms with E-state index in [9.17, 15) is 14.7 Å². The van der Waals surface area contributed by atoms with Crippen molar-refractivity contribution < 1.29 is 33.3 Å². The van der Waals surface area contributed by atoms with Gasteiger partial charge in [0.15, 0.2) is 34.4 Å². The third-order valence-corrected chi connectivity index (χ3v) is 6.23. The predicted octanol–water partition coefficient (Wildman–Crippen LogP) is 4.54. The van der Waals surface area contributed by atoms with Crippen LogP contribution in [0.3, 0.4) is 0 Å². The highest BCUT2D eigenvalue weighted by atomic mass is 16.5. The molecule has 9 heteroatoms. The van der Waals surface area contributed by atoms with Crippen LogP contribution in [0.4, 0.5) is 0 Å². The first kappa shape index (κ1) is 26.8. The van der Waals surface area contributed by atoms with Crippen molar-refractivity contribution in [2.24, 2.45) is 0 Å². The molecule has 9 nitrogen and oxygen atoms in total. The van der Waals surface area contributed by atoms with Gasteiger partial charge < -0.3 is 33.5 Å². The normalized spacial score (nSPS) is 15.4. The van der Waals surface area contributed by atoms with Gasteiger partial charge in [-0.25, -0.2) is 0 Å². The number of para-hydroxylation sites is 1. The van der Waals surface area contributed by atoms with Crippen molar-refractivity contribution in [3.05, 3.63) is 77.8 Å². The van der Waals surface area contributed by atoms with Gasteiger partial charge in [0.2, 0.25) is 5.78 Å². The van der Waals surface area contributed by atoms with E-state index in [1.807, 2.05) is 25.9 Å². The van der Waals surface area contributed by atoms with E-state index in [1.54, 1.807) is 48.5 Å². The Morgan fingerprint density at radius 3 is 2.63 bits per heavy atom. The monoisotopic (exact) mass is 520 g/mol. The van der Waals surface area contributed by atoms with Crippen LogP contribution in [-0.4, -0.2) is 74.1 Å². The third-order valence-electron chi connectivity index (χ3n) is 6.23. The third kappa shape index (κ3) is 5.10. The lowest BCUT2D eigenvalue weighted by molar-refractivity contribution is -0.129. The van der Waals surface area contributed by atoms with Crippen molar-refractivity contribution in [2.75, 3.05) is 47.5 Å². The highest BCUT2D eigenvalue weighted by Gasteiger charge is 2.44. The maximum atomic E-state index is 13.8. The number of hydrogen-bond donors (Lipinski definition) is 1. The van der Waals surface area contributed by atoms with E-state index >= 15 is 0 Å². The molecule has 1 aliphatic rings. The lowest BCUT2D eigenvalue weighted by atomic mass is 9.94. The van der Waals surface area contributed by atoms with E-state index in [-0.39, 0.29) is 24.5 Å². The molecule has 0 saturated carbocycles. The smallest absolute Gasteiger partial charge is 0.290 e. The first-order valence-electron chi connectivity index (χ1n) is 12.3. The van der Waals surface area contributed by atoms with Crippen molar-refractivity contribution in [2.45, 2.75) is 13.0 Å². The van der Waals surface area contributed by atoms with E-state index in [0.29, 0.717) is 46.9 Å². The van der Waals surface area contributed by atoms with Crippen molar-refractivity contribution in [3.8, 4) is 17.2 Å². The van der Waals surface area contributed by atoms with Gasteiger partial charge in [-0.3, -0.25) is 9.59 Å². The van der Waals surface area contributed by atoms with Crippen LogP contribution in [0.15, 0.2) is 70.9 Å². The summed E-state index contributed by atoms with van der Waals surface area (Å²) in [6.07, 6.45) is 1.63.